The number of para-hydroxylation sites is 1. The van der Waals surface area contributed by atoms with Gasteiger partial charge in [-0.15, -0.1) is 0 Å². The molecule has 0 spiro atoms. The lowest BCUT2D eigenvalue weighted by Gasteiger charge is -2.11. The summed E-state index contributed by atoms with van der Waals surface area (Å²) in [5.74, 6) is 0.236. The predicted molar refractivity (Wildman–Crippen MR) is 117 cm³/mol. The number of fused-ring (bicyclic) bond motifs is 2. The van der Waals surface area contributed by atoms with Gasteiger partial charge in [-0.2, -0.15) is 0 Å². The molecule has 8 heteroatoms. The number of hydrogen-bond acceptors (Lipinski definition) is 5. The van der Waals surface area contributed by atoms with E-state index in [-0.39, 0.29) is 22.8 Å². The lowest BCUT2D eigenvalue weighted by molar-refractivity contribution is -0.118. The Bertz CT molecular complexity index is 1330. The zero-order valence-electron chi connectivity index (χ0n) is 15.7. The third kappa shape index (κ3) is 3.92. The van der Waals surface area contributed by atoms with Gasteiger partial charge < -0.3 is 19.2 Å². The third-order valence-corrected chi connectivity index (χ3v) is 5.02. The molecule has 1 heterocycles. The van der Waals surface area contributed by atoms with Crippen molar-refractivity contribution in [1.82, 2.24) is 0 Å². The Kier molecular flexibility index (Phi) is 5.53. The molecule has 1 N–H and O–H groups in total. The lowest BCUT2D eigenvalue weighted by atomic mass is 10.1. The molecule has 152 valence electrons. The van der Waals surface area contributed by atoms with E-state index >= 15 is 0 Å². The van der Waals surface area contributed by atoms with E-state index in [1.807, 2.05) is 0 Å². The number of rotatable bonds is 5. The van der Waals surface area contributed by atoms with Crippen molar-refractivity contribution < 1.29 is 18.7 Å². The normalized spacial score (nSPS) is 10.9. The van der Waals surface area contributed by atoms with Crippen molar-refractivity contribution in [2.45, 2.75) is 0 Å². The first-order chi connectivity index (χ1) is 14.5. The average molecular weight is 444 g/mol. The molecule has 0 unspecified atom stereocenters. The maximum Gasteiger partial charge on any atom is 0.262 e. The van der Waals surface area contributed by atoms with Crippen LogP contribution in [0.15, 0.2) is 63.8 Å². The van der Waals surface area contributed by atoms with Crippen LogP contribution in [0.1, 0.15) is 0 Å². The first-order valence-electron chi connectivity index (χ1n) is 8.87. The molecular formula is C22H15Cl2NO5. The van der Waals surface area contributed by atoms with Gasteiger partial charge >= 0.3 is 0 Å². The van der Waals surface area contributed by atoms with Gasteiger partial charge in [0.2, 0.25) is 5.43 Å². The lowest BCUT2D eigenvalue weighted by Crippen LogP contribution is -2.20. The number of benzene rings is 3. The monoisotopic (exact) mass is 443 g/mol. The number of methoxy groups -OCH3 is 1. The molecule has 1 amide bonds. The zero-order valence-corrected chi connectivity index (χ0v) is 17.2. The van der Waals surface area contributed by atoms with Crippen molar-refractivity contribution in [2.24, 2.45) is 0 Å². The van der Waals surface area contributed by atoms with E-state index in [1.165, 1.54) is 19.2 Å². The first-order valence-corrected chi connectivity index (χ1v) is 9.63. The fraction of sp³-hybridized carbons (Fsp3) is 0.0909. The van der Waals surface area contributed by atoms with Gasteiger partial charge in [-0.05, 0) is 30.3 Å². The predicted octanol–water partition coefficient (Wildman–Crippen LogP) is 5.28. The second-order valence-electron chi connectivity index (χ2n) is 6.39. The molecule has 0 bridgehead atoms. The Morgan fingerprint density at radius 2 is 1.70 bits per heavy atom. The van der Waals surface area contributed by atoms with Crippen LogP contribution in [0.25, 0.3) is 21.9 Å². The van der Waals surface area contributed by atoms with Crippen LogP contribution in [0.2, 0.25) is 10.0 Å². The fourth-order valence-corrected chi connectivity index (χ4v) is 3.51. The average Bonchev–Trinajstić information content (AvgIpc) is 2.73. The summed E-state index contributed by atoms with van der Waals surface area (Å²) in [6, 6.07) is 14.8. The molecule has 6 nitrogen and oxygen atoms in total. The fourth-order valence-electron chi connectivity index (χ4n) is 3.00. The highest BCUT2D eigenvalue weighted by Gasteiger charge is 2.12. The van der Waals surface area contributed by atoms with E-state index in [0.717, 1.165) is 0 Å². The van der Waals surface area contributed by atoms with Crippen molar-refractivity contribution in [3.05, 3.63) is 74.9 Å². The molecule has 0 saturated carbocycles. The summed E-state index contributed by atoms with van der Waals surface area (Å²) < 4.78 is 16.4. The Balaban J connectivity index is 1.52. The van der Waals surface area contributed by atoms with E-state index in [1.54, 1.807) is 42.5 Å². The van der Waals surface area contributed by atoms with Gasteiger partial charge in [0.05, 0.1) is 27.9 Å². The quantitative estimate of drug-likeness (QED) is 0.424. The van der Waals surface area contributed by atoms with Crippen LogP contribution in [0.4, 0.5) is 5.69 Å². The molecule has 4 rings (SSSR count). The van der Waals surface area contributed by atoms with Gasteiger partial charge in [-0.3, -0.25) is 9.59 Å². The highest BCUT2D eigenvalue weighted by molar-refractivity contribution is 6.36. The van der Waals surface area contributed by atoms with E-state index in [9.17, 15) is 9.59 Å². The smallest absolute Gasteiger partial charge is 0.262 e. The minimum Gasteiger partial charge on any atom is -0.495 e. The molecule has 1 aromatic heterocycles. The summed E-state index contributed by atoms with van der Waals surface area (Å²) >= 11 is 12.1. The Hall–Kier alpha value is -3.22. The molecule has 4 aromatic rings. The number of halogens is 2. The molecule has 0 saturated heterocycles. The number of carbonyl (C=O) groups is 1. The molecule has 30 heavy (non-hydrogen) atoms. The van der Waals surface area contributed by atoms with Gasteiger partial charge in [0.25, 0.3) is 5.91 Å². The first kappa shape index (κ1) is 20.1. The van der Waals surface area contributed by atoms with Crippen LogP contribution in [-0.4, -0.2) is 19.6 Å². The summed E-state index contributed by atoms with van der Waals surface area (Å²) in [7, 11) is 1.47. The van der Waals surface area contributed by atoms with Crippen LogP contribution in [0.3, 0.4) is 0 Å². The molecule has 0 radical (unpaired) electrons. The highest BCUT2D eigenvalue weighted by atomic mass is 35.5. The summed E-state index contributed by atoms with van der Waals surface area (Å²) in [6.45, 7) is -0.287. The summed E-state index contributed by atoms with van der Waals surface area (Å²) in [5, 5.41) is 4.24. The van der Waals surface area contributed by atoms with E-state index < -0.39 is 5.91 Å². The van der Waals surface area contributed by atoms with Crippen LogP contribution < -0.4 is 20.2 Å². The standard InChI is InChI=1S/C22H15Cl2NO5/c1-28-19-10-20(16(24)9-15(19)23)29-11-21(26)25-12-6-7-14-18(8-12)30-17-5-3-2-4-13(17)22(14)27/h2-10H,11H2,1H3,(H,25,26). The Labute approximate surface area is 180 Å². The van der Waals surface area contributed by atoms with Crippen molar-refractivity contribution in [3.8, 4) is 11.5 Å². The molecule has 0 aliphatic heterocycles. The number of amides is 1. The number of hydrogen-bond donors (Lipinski definition) is 1. The van der Waals surface area contributed by atoms with Gasteiger partial charge in [-0.25, -0.2) is 0 Å². The third-order valence-electron chi connectivity index (χ3n) is 4.43. The maximum absolute atomic E-state index is 12.6. The van der Waals surface area contributed by atoms with Crippen molar-refractivity contribution >= 4 is 56.7 Å². The second-order valence-corrected chi connectivity index (χ2v) is 7.21. The Morgan fingerprint density at radius 3 is 2.50 bits per heavy atom. The van der Waals surface area contributed by atoms with Crippen LogP contribution in [-0.2, 0) is 4.79 Å². The molecule has 0 atom stereocenters. The van der Waals surface area contributed by atoms with Gasteiger partial charge in [0.1, 0.15) is 22.7 Å². The second kappa shape index (κ2) is 8.26. The number of ether oxygens (including phenoxy) is 2. The van der Waals surface area contributed by atoms with Gasteiger partial charge in [-0.1, -0.05) is 35.3 Å². The molecular weight excluding hydrogens is 429 g/mol. The van der Waals surface area contributed by atoms with Crippen LogP contribution >= 0.6 is 23.2 Å². The number of carbonyl (C=O) groups excluding carboxylic acids is 1. The number of anilines is 1. The Morgan fingerprint density at radius 1 is 0.967 bits per heavy atom. The topological polar surface area (TPSA) is 77.8 Å². The van der Waals surface area contributed by atoms with Crippen molar-refractivity contribution in [1.29, 1.82) is 0 Å². The molecule has 0 fully saturated rings. The molecule has 3 aromatic carbocycles. The van der Waals surface area contributed by atoms with Crippen molar-refractivity contribution in [2.75, 3.05) is 19.0 Å². The summed E-state index contributed by atoms with van der Waals surface area (Å²) in [4.78, 5) is 24.9. The van der Waals surface area contributed by atoms with Crippen LogP contribution in [0.5, 0.6) is 11.5 Å². The van der Waals surface area contributed by atoms with E-state index in [0.29, 0.717) is 38.4 Å². The minimum absolute atomic E-state index is 0.126. The maximum atomic E-state index is 12.6. The highest BCUT2D eigenvalue weighted by Crippen LogP contribution is 2.35. The largest absolute Gasteiger partial charge is 0.495 e. The molecule has 0 aliphatic carbocycles. The van der Waals surface area contributed by atoms with Crippen molar-refractivity contribution in [3.63, 3.8) is 0 Å². The van der Waals surface area contributed by atoms with Gasteiger partial charge in [0, 0.05) is 17.8 Å². The zero-order chi connectivity index (χ0) is 21.3. The van der Waals surface area contributed by atoms with Crippen LogP contribution in [0, 0.1) is 0 Å². The molecule has 0 aliphatic rings. The van der Waals surface area contributed by atoms with E-state index in [4.69, 9.17) is 37.1 Å². The SMILES string of the molecule is COc1cc(OCC(=O)Nc2ccc3c(=O)c4ccccc4oc3c2)c(Cl)cc1Cl. The minimum atomic E-state index is -0.414. The number of nitrogens with one attached hydrogen (secondary N) is 1. The summed E-state index contributed by atoms with van der Waals surface area (Å²) in [6.07, 6.45) is 0. The van der Waals surface area contributed by atoms with E-state index in [2.05, 4.69) is 5.32 Å². The van der Waals surface area contributed by atoms with Gasteiger partial charge in [0.15, 0.2) is 6.61 Å². The summed E-state index contributed by atoms with van der Waals surface area (Å²) in [5.41, 5.74) is 1.20.